The first-order valence-corrected chi connectivity index (χ1v) is 8.32. The molecule has 0 aromatic heterocycles. The number of rotatable bonds is 5. The minimum atomic E-state index is -0.638. The van der Waals surface area contributed by atoms with Crippen molar-refractivity contribution in [3.05, 3.63) is 0 Å². The monoisotopic (exact) mass is 280 g/mol. The van der Waals surface area contributed by atoms with Crippen LogP contribution in [0.15, 0.2) is 0 Å². The van der Waals surface area contributed by atoms with Gasteiger partial charge in [-0.2, -0.15) is 0 Å². The van der Waals surface area contributed by atoms with Gasteiger partial charge in [0.05, 0.1) is 5.92 Å². The van der Waals surface area contributed by atoms with Gasteiger partial charge < -0.3 is 5.11 Å². The minimum absolute atomic E-state index is 0.222. The summed E-state index contributed by atoms with van der Waals surface area (Å²) in [4.78, 5) is 16.5. The average molecular weight is 280 g/mol. The van der Waals surface area contributed by atoms with Gasteiger partial charge >= 0.3 is 5.97 Å². The Morgan fingerprint density at radius 2 is 2.05 bits per heavy atom. The molecular weight excluding hydrogens is 252 g/mol. The molecule has 0 radical (unpaired) electrons. The largest absolute Gasteiger partial charge is 0.481 e. The molecule has 4 saturated heterocycles. The second kappa shape index (κ2) is 5.64. The van der Waals surface area contributed by atoms with Crippen molar-refractivity contribution in [3.8, 4) is 0 Å². The highest BCUT2D eigenvalue weighted by Crippen LogP contribution is 2.45. The highest BCUT2D eigenvalue weighted by molar-refractivity contribution is 5.69. The van der Waals surface area contributed by atoms with Crippen LogP contribution in [0.5, 0.6) is 0 Å². The molecular formula is C16H28N2O2. The van der Waals surface area contributed by atoms with Crippen LogP contribution in [0.4, 0.5) is 0 Å². The van der Waals surface area contributed by atoms with E-state index in [1.54, 1.807) is 0 Å². The summed E-state index contributed by atoms with van der Waals surface area (Å²) in [7, 11) is 0. The summed E-state index contributed by atoms with van der Waals surface area (Å²) < 4.78 is 0. The quantitative estimate of drug-likeness (QED) is 0.835. The third-order valence-electron chi connectivity index (χ3n) is 5.88. The number of fused-ring (bicyclic) bond motifs is 2. The van der Waals surface area contributed by atoms with Crippen LogP contribution in [0.1, 0.15) is 39.5 Å². The van der Waals surface area contributed by atoms with Crippen molar-refractivity contribution in [3.63, 3.8) is 0 Å². The summed E-state index contributed by atoms with van der Waals surface area (Å²) >= 11 is 0. The number of aliphatic carboxylic acids is 1. The maximum atomic E-state index is 11.2. The summed E-state index contributed by atoms with van der Waals surface area (Å²) in [5.41, 5.74) is 0. The maximum Gasteiger partial charge on any atom is 0.306 e. The Morgan fingerprint density at radius 3 is 2.65 bits per heavy atom. The molecule has 4 atom stereocenters. The number of nitrogens with zero attached hydrogens (tertiary/aromatic N) is 2. The molecule has 2 bridgehead atoms. The molecule has 0 aromatic carbocycles. The van der Waals surface area contributed by atoms with E-state index in [9.17, 15) is 9.90 Å². The molecule has 20 heavy (non-hydrogen) atoms. The van der Waals surface area contributed by atoms with Crippen molar-refractivity contribution in [2.75, 3.05) is 26.2 Å². The molecule has 4 heteroatoms. The lowest BCUT2D eigenvalue weighted by atomic mass is 9.73. The lowest BCUT2D eigenvalue weighted by Gasteiger charge is -2.49. The second-order valence-electron chi connectivity index (χ2n) is 7.07. The summed E-state index contributed by atoms with van der Waals surface area (Å²) in [5.74, 6) is 0.838. The van der Waals surface area contributed by atoms with Crippen LogP contribution in [0.3, 0.4) is 0 Å². The molecule has 4 unspecified atom stereocenters. The van der Waals surface area contributed by atoms with Crippen molar-refractivity contribution < 1.29 is 9.90 Å². The average Bonchev–Trinajstić information content (AvgIpc) is 2.81. The van der Waals surface area contributed by atoms with Gasteiger partial charge in [-0.25, -0.2) is 0 Å². The number of likely N-dealkylation sites (tertiary alicyclic amines) is 1. The molecule has 0 spiro atoms. The molecule has 4 aliphatic rings. The van der Waals surface area contributed by atoms with Crippen LogP contribution < -0.4 is 0 Å². The lowest BCUT2D eigenvalue weighted by Crippen LogP contribution is -2.57. The zero-order valence-electron chi connectivity index (χ0n) is 12.8. The van der Waals surface area contributed by atoms with Gasteiger partial charge in [-0.1, -0.05) is 13.8 Å². The van der Waals surface area contributed by atoms with Gasteiger partial charge in [-0.05, 0) is 57.2 Å². The van der Waals surface area contributed by atoms with Crippen molar-refractivity contribution in [1.82, 2.24) is 9.80 Å². The first-order chi connectivity index (χ1) is 9.61. The Kier molecular flexibility index (Phi) is 4.04. The summed E-state index contributed by atoms with van der Waals surface area (Å²) in [6.07, 6.45) is 4.71. The van der Waals surface area contributed by atoms with Crippen molar-refractivity contribution in [1.29, 1.82) is 0 Å². The van der Waals surface area contributed by atoms with E-state index in [0.29, 0.717) is 12.1 Å². The maximum absolute atomic E-state index is 11.2. The molecule has 4 nitrogen and oxygen atoms in total. The van der Waals surface area contributed by atoms with Gasteiger partial charge in [0.15, 0.2) is 0 Å². The van der Waals surface area contributed by atoms with Gasteiger partial charge in [0.2, 0.25) is 0 Å². The molecule has 0 amide bonds. The van der Waals surface area contributed by atoms with Crippen molar-refractivity contribution in [2.24, 2.45) is 17.8 Å². The highest BCUT2D eigenvalue weighted by Gasteiger charge is 2.52. The number of carboxylic acids is 1. The summed E-state index contributed by atoms with van der Waals surface area (Å²) in [6, 6.07) is 1.10. The molecule has 0 aromatic rings. The third-order valence-corrected chi connectivity index (χ3v) is 5.88. The Labute approximate surface area is 122 Å². The number of carbonyl (C=O) groups is 1. The minimum Gasteiger partial charge on any atom is -0.481 e. The SMILES string of the molecule is CCCN1CC2C3CCN(CC3)C2C1CC(C)C(=O)O. The van der Waals surface area contributed by atoms with Crippen molar-refractivity contribution in [2.45, 2.75) is 51.6 Å². The molecule has 4 aliphatic heterocycles. The van der Waals surface area contributed by atoms with E-state index in [1.807, 2.05) is 6.92 Å². The Balaban J connectivity index is 1.78. The molecule has 114 valence electrons. The smallest absolute Gasteiger partial charge is 0.306 e. The van der Waals surface area contributed by atoms with E-state index in [1.165, 1.54) is 38.9 Å². The topological polar surface area (TPSA) is 43.8 Å². The first kappa shape index (κ1) is 14.3. The Morgan fingerprint density at radius 1 is 1.35 bits per heavy atom. The van der Waals surface area contributed by atoms with Gasteiger partial charge in [-0.3, -0.25) is 14.6 Å². The van der Waals surface area contributed by atoms with E-state index in [4.69, 9.17) is 0 Å². The standard InChI is InChI=1S/C16H28N2O2/c1-3-6-18-10-13-12-4-7-17(8-5-12)15(13)14(18)9-11(2)16(19)20/h11-15H,3-10H2,1-2H3,(H,19,20). The van der Waals surface area contributed by atoms with E-state index in [-0.39, 0.29) is 5.92 Å². The zero-order chi connectivity index (χ0) is 14.3. The van der Waals surface area contributed by atoms with Gasteiger partial charge in [0, 0.05) is 18.6 Å². The van der Waals surface area contributed by atoms with Crippen LogP contribution in [0.2, 0.25) is 0 Å². The number of hydrogen-bond acceptors (Lipinski definition) is 3. The Bertz CT molecular complexity index is 365. The number of piperidine rings is 3. The molecule has 4 heterocycles. The van der Waals surface area contributed by atoms with Crippen LogP contribution in [-0.4, -0.2) is 59.1 Å². The fourth-order valence-electron chi connectivity index (χ4n) is 4.90. The zero-order valence-corrected chi connectivity index (χ0v) is 12.8. The van der Waals surface area contributed by atoms with Crippen LogP contribution in [0, 0.1) is 17.8 Å². The number of hydrogen-bond donors (Lipinski definition) is 1. The fraction of sp³-hybridized carbons (Fsp3) is 0.938. The van der Waals surface area contributed by atoms with Crippen LogP contribution in [0.25, 0.3) is 0 Å². The summed E-state index contributed by atoms with van der Waals surface area (Å²) in [5, 5.41) is 9.25. The molecule has 4 rings (SSSR count). The first-order valence-electron chi connectivity index (χ1n) is 8.32. The molecule has 0 saturated carbocycles. The van der Waals surface area contributed by atoms with E-state index in [0.717, 1.165) is 24.8 Å². The van der Waals surface area contributed by atoms with Gasteiger partial charge in [0.25, 0.3) is 0 Å². The van der Waals surface area contributed by atoms with Crippen LogP contribution >= 0.6 is 0 Å². The predicted octanol–water partition coefficient (Wildman–Crippen LogP) is 1.90. The van der Waals surface area contributed by atoms with E-state index >= 15 is 0 Å². The second-order valence-corrected chi connectivity index (χ2v) is 7.07. The normalized spacial score (nSPS) is 41.6. The molecule has 1 N–H and O–H groups in total. The van der Waals surface area contributed by atoms with E-state index < -0.39 is 5.97 Å². The lowest BCUT2D eigenvalue weighted by molar-refractivity contribution is -0.142. The molecule has 4 fully saturated rings. The van der Waals surface area contributed by atoms with Crippen LogP contribution in [-0.2, 0) is 4.79 Å². The fourth-order valence-corrected chi connectivity index (χ4v) is 4.90. The third kappa shape index (κ3) is 2.37. The van der Waals surface area contributed by atoms with E-state index in [2.05, 4.69) is 16.7 Å². The van der Waals surface area contributed by atoms with Gasteiger partial charge in [0.1, 0.15) is 0 Å². The van der Waals surface area contributed by atoms with Crippen molar-refractivity contribution >= 4 is 5.97 Å². The summed E-state index contributed by atoms with van der Waals surface area (Å²) in [6.45, 7) is 8.92. The predicted molar refractivity (Wildman–Crippen MR) is 78.6 cm³/mol. The highest BCUT2D eigenvalue weighted by atomic mass is 16.4. The number of carboxylic acid groups (broad SMARTS) is 1. The van der Waals surface area contributed by atoms with Gasteiger partial charge in [-0.15, -0.1) is 0 Å². The molecule has 0 aliphatic carbocycles. The Hall–Kier alpha value is -0.610.